The Kier molecular flexibility index (Phi) is 7.50. The minimum atomic E-state index is 0. The molecule has 1 aliphatic heterocycles. The van der Waals surface area contributed by atoms with E-state index in [1.54, 1.807) is 6.07 Å². The van der Waals surface area contributed by atoms with Crippen molar-refractivity contribution < 1.29 is 4.79 Å². The van der Waals surface area contributed by atoms with E-state index < -0.39 is 0 Å². The maximum absolute atomic E-state index is 12.5. The molecule has 0 aliphatic carbocycles. The van der Waals surface area contributed by atoms with Crippen molar-refractivity contribution in [2.75, 3.05) is 26.7 Å². The van der Waals surface area contributed by atoms with Gasteiger partial charge < -0.3 is 10.2 Å². The highest BCUT2D eigenvalue weighted by Crippen LogP contribution is 2.23. The summed E-state index contributed by atoms with van der Waals surface area (Å²) in [6, 6.07) is 5.56. The van der Waals surface area contributed by atoms with Crippen molar-refractivity contribution in [3.63, 3.8) is 0 Å². The summed E-state index contributed by atoms with van der Waals surface area (Å²) in [5.41, 5.74) is 1.74. The molecule has 0 aromatic heterocycles. The average Bonchev–Trinajstić information content (AvgIpc) is 2.44. The number of hydrogen-bond acceptors (Lipinski definition) is 2. The smallest absolute Gasteiger partial charge is 0.253 e. The molecule has 1 heterocycles. The van der Waals surface area contributed by atoms with Gasteiger partial charge in [-0.15, -0.1) is 12.4 Å². The molecule has 5 heteroatoms. The fraction of sp³-hybridized carbons (Fsp3) is 0.562. The molecule has 0 spiro atoms. The van der Waals surface area contributed by atoms with Crippen LogP contribution in [-0.4, -0.2) is 37.5 Å². The Bertz CT molecular complexity index is 451. The average molecular weight is 331 g/mol. The topological polar surface area (TPSA) is 32.3 Å². The number of nitrogens with zero attached hydrogens (tertiary/aromatic N) is 1. The number of likely N-dealkylation sites (tertiary alicyclic amines) is 1. The van der Waals surface area contributed by atoms with Crippen LogP contribution in [0, 0.1) is 12.8 Å². The Morgan fingerprint density at radius 3 is 2.57 bits per heavy atom. The highest BCUT2D eigenvalue weighted by atomic mass is 35.5. The van der Waals surface area contributed by atoms with Crippen molar-refractivity contribution in [3.05, 3.63) is 34.3 Å². The van der Waals surface area contributed by atoms with Gasteiger partial charge in [-0.05, 0) is 69.5 Å². The molecule has 1 aliphatic rings. The zero-order valence-corrected chi connectivity index (χ0v) is 14.3. The van der Waals surface area contributed by atoms with Crippen LogP contribution < -0.4 is 5.32 Å². The van der Waals surface area contributed by atoms with E-state index in [2.05, 4.69) is 5.32 Å². The van der Waals surface area contributed by atoms with Gasteiger partial charge in [0.2, 0.25) is 0 Å². The van der Waals surface area contributed by atoms with Gasteiger partial charge in [0.1, 0.15) is 0 Å². The largest absolute Gasteiger partial charge is 0.339 e. The number of rotatable bonds is 4. The molecule has 0 bridgehead atoms. The molecule has 21 heavy (non-hydrogen) atoms. The monoisotopic (exact) mass is 330 g/mol. The third kappa shape index (κ3) is 5.17. The van der Waals surface area contributed by atoms with Crippen LogP contribution in [0.15, 0.2) is 18.2 Å². The van der Waals surface area contributed by atoms with Gasteiger partial charge in [-0.25, -0.2) is 0 Å². The number of benzene rings is 1. The summed E-state index contributed by atoms with van der Waals surface area (Å²) in [7, 11) is 1.99. The van der Waals surface area contributed by atoms with Gasteiger partial charge in [0.15, 0.2) is 0 Å². The molecule has 0 saturated carbocycles. The van der Waals surface area contributed by atoms with E-state index in [-0.39, 0.29) is 18.3 Å². The number of aryl methyl sites for hydroxylation is 1. The second kappa shape index (κ2) is 8.62. The highest BCUT2D eigenvalue weighted by molar-refractivity contribution is 6.31. The molecule has 1 N–H and O–H groups in total. The zero-order valence-electron chi connectivity index (χ0n) is 12.7. The zero-order chi connectivity index (χ0) is 14.5. The van der Waals surface area contributed by atoms with Crippen LogP contribution in [-0.2, 0) is 0 Å². The molecule has 2 rings (SSSR count). The molecule has 3 nitrogen and oxygen atoms in total. The van der Waals surface area contributed by atoms with Gasteiger partial charge >= 0.3 is 0 Å². The molecular weight excluding hydrogens is 307 g/mol. The maximum Gasteiger partial charge on any atom is 0.253 e. The Morgan fingerprint density at radius 1 is 1.33 bits per heavy atom. The molecule has 1 aromatic carbocycles. The van der Waals surface area contributed by atoms with Gasteiger partial charge in [0.05, 0.1) is 0 Å². The minimum absolute atomic E-state index is 0. The summed E-state index contributed by atoms with van der Waals surface area (Å²) in [4.78, 5) is 14.4. The van der Waals surface area contributed by atoms with Gasteiger partial charge in [0.25, 0.3) is 5.91 Å². The van der Waals surface area contributed by atoms with E-state index in [0.29, 0.717) is 10.6 Å². The molecule has 1 amide bonds. The lowest BCUT2D eigenvalue weighted by atomic mass is 9.93. The predicted molar refractivity (Wildman–Crippen MR) is 90.6 cm³/mol. The predicted octanol–water partition coefficient (Wildman–Crippen LogP) is 3.53. The van der Waals surface area contributed by atoms with Crippen molar-refractivity contribution in [2.45, 2.75) is 26.2 Å². The third-order valence-corrected chi connectivity index (χ3v) is 4.21. The fourth-order valence-electron chi connectivity index (χ4n) is 2.82. The normalized spacial score (nSPS) is 15.7. The van der Waals surface area contributed by atoms with Crippen molar-refractivity contribution in [1.82, 2.24) is 10.2 Å². The first-order chi connectivity index (χ1) is 9.60. The van der Waals surface area contributed by atoms with Gasteiger partial charge in [-0.3, -0.25) is 4.79 Å². The van der Waals surface area contributed by atoms with Crippen LogP contribution in [0.5, 0.6) is 0 Å². The molecule has 0 atom stereocenters. The van der Waals surface area contributed by atoms with Crippen molar-refractivity contribution in [2.24, 2.45) is 5.92 Å². The van der Waals surface area contributed by atoms with E-state index >= 15 is 0 Å². The Balaban J connectivity index is 0.00000220. The Hall–Kier alpha value is -0.770. The first kappa shape index (κ1) is 18.3. The number of amides is 1. The van der Waals surface area contributed by atoms with E-state index in [4.69, 9.17) is 11.6 Å². The molecule has 1 aromatic rings. The van der Waals surface area contributed by atoms with E-state index in [1.165, 1.54) is 6.42 Å². The van der Waals surface area contributed by atoms with Crippen LogP contribution in [0.1, 0.15) is 35.2 Å². The standard InChI is InChI=1S/C16H23ClN2O.ClH/c1-12-9-14(11-15(17)10-12)16(20)19-7-4-13(5-8-19)3-6-18-2;/h9-11,13,18H,3-8H2,1-2H3;1H. The summed E-state index contributed by atoms with van der Waals surface area (Å²) in [5.74, 6) is 0.857. The van der Waals surface area contributed by atoms with Crippen LogP contribution in [0.4, 0.5) is 0 Å². The SMILES string of the molecule is CNCCC1CCN(C(=O)c2cc(C)cc(Cl)c2)CC1.Cl. The molecule has 0 radical (unpaired) electrons. The lowest BCUT2D eigenvalue weighted by Gasteiger charge is -2.32. The van der Waals surface area contributed by atoms with Gasteiger partial charge in [-0.2, -0.15) is 0 Å². The maximum atomic E-state index is 12.5. The van der Waals surface area contributed by atoms with E-state index in [0.717, 1.165) is 44.0 Å². The lowest BCUT2D eigenvalue weighted by Crippen LogP contribution is -2.39. The summed E-state index contributed by atoms with van der Waals surface area (Å²) >= 11 is 6.04. The molecular formula is C16H24Cl2N2O. The van der Waals surface area contributed by atoms with Crippen molar-refractivity contribution in [3.8, 4) is 0 Å². The number of halogens is 2. The number of hydrogen-bond donors (Lipinski definition) is 1. The van der Waals surface area contributed by atoms with E-state index in [9.17, 15) is 4.79 Å². The third-order valence-electron chi connectivity index (χ3n) is 3.99. The quantitative estimate of drug-likeness (QED) is 0.915. The first-order valence-corrected chi connectivity index (χ1v) is 7.69. The number of piperidine rings is 1. The van der Waals surface area contributed by atoms with Crippen molar-refractivity contribution in [1.29, 1.82) is 0 Å². The van der Waals surface area contributed by atoms with Crippen molar-refractivity contribution >= 4 is 29.9 Å². The molecule has 1 saturated heterocycles. The molecule has 1 fully saturated rings. The van der Waals surface area contributed by atoms with Crippen LogP contribution in [0.3, 0.4) is 0 Å². The van der Waals surface area contributed by atoms with Gasteiger partial charge in [0, 0.05) is 23.7 Å². The number of carbonyl (C=O) groups is 1. The molecule has 0 unspecified atom stereocenters. The summed E-state index contributed by atoms with van der Waals surface area (Å²) in [5, 5.41) is 3.83. The van der Waals surface area contributed by atoms with Gasteiger partial charge in [-0.1, -0.05) is 11.6 Å². The summed E-state index contributed by atoms with van der Waals surface area (Å²) in [6.07, 6.45) is 3.41. The Morgan fingerprint density at radius 2 is 2.00 bits per heavy atom. The summed E-state index contributed by atoms with van der Waals surface area (Å²) in [6.45, 7) is 4.75. The second-order valence-corrected chi connectivity index (χ2v) is 6.08. The number of nitrogens with one attached hydrogen (secondary N) is 1. The second-order valence-electron chi connectivity index (χ2n) is 5.65. The first-order valence-electron chi connectivity index (χ1n) is 7.31. The lowest BCUT2D eigenvalue weighted by molar-refractivity contribution is 0.0687. The minimum Gasteiger partial charge on any atom is -0.339 e. The van der Waals surface area contributed by atoms with Crippen LogP contribution in [0.25, 0.3) is 0 Å². The summed E-state index contributed by atoms with van der Waals surface area (Å²) < 4.78 is 0. The number of carbonyl (C=O) groups excluding carboxylic acids is 1. The fourth-order valence-corrected chi connectivity index (χ4v) is 3.11. The molecule has 118 valence electrons. The van der Waals surface area contributed by atoms with Crippen LogP contribution >= 0.6 is 24.0 Å². The van der Waals surface area contributed by atoms with Crippen LogP contribution in [0.2, 0.25) is 5.02 Å². The van der Waals surface area contributed by atoms with E-state index in [1.807, 2.05) is 31.0 Å². The highest BCUT2D eigenvalue weighted by Gasteiger charge is 2.23. The Labute approximate surface area is 138 Å².